The maximum Gasteiger partial charge on any atom is 0.313 e. The predicted octanol–water partition coefficient (Wildman–Crippen LogP) is 3.76. The van der Waals surface area contributed by atoms with Crippen LogP contribution in [0, 0.1) is 0 Å². The molecule has 1 N–H and O–H groups in total. The van der Waals surface area contributed by atoms with Crippen molar-refractivity contribution in [3.63, 3.8) is 0 Å². The van der Waals surface area contributed by atoms with E-state index in [-0.39, 0.29) is 5.75 Å². The molecule has 1 saturated heterocycles. The number of halogens is 1. The Hall–Kier alpha value is -0.850. The molecular formula is C14H15ClN2O2S2. The van der Waals surface area contributed by atoms with Gasteiger partial charge in [0, 0.05) is 11.8 Å². The summed E-state index contributed by atoms with van der Waals surface area (Å²) in [5.74, 6) is 0.383. The molecule has 0 radical (unpaired) electrons. The van der Waals surface area contributed by atoms with Crippen LogP contribution in [0.1, 0.15) is 12.8 Å². The number of hydrogen-bond donors (Lipinski definition) is 1. The van der Waals surface area contributed by atoms with Gasteiger partial charge in [0.1, 0.15) is 5.52 Å². The highest BCUT2D eigenvalue weighted by Gasteiger charge is 2.21. The molecule has 0 saturated carbocycles. The van der Waals surface area contributed by atoms with Gasteiger partial charge in [-0.3, -0.25) is 4.79 Å². The van der Waals surface area contributed by atoms with Gasteiger partial charge in [-0.25, -0.2) is 4.98 Å². The van der Waals surface area contributed by atoms with Gasteiger partial charge >= 0.3 is 5.97 Å². The number of aliphatic carboxylic acids is 1. The molecule has 0 bridgehead atoms. The lowest BCUT2D eigenvalue weighted by molar-refractivity contribution is -0.133. The highest BCUT2D eigenvalue weighted by atomic mass is 35.5. The molecule has 112 valence electrons. The highest BCUT2D eigenvalue weighted by molar-refractivity contribution is 8.00. The molecule has 4 nitrogen and oxygen atoms in total. The lowest BCUT2D eigenvalue weighted by Gasteiger charge is -2.13. The minimum absolute atomic E-state index is 0.0126. The van der Waals surface area contributed by atoms with Crippen molar-refractivity contribution in [2.45, 2.75) is 29.8 Å². The van der Waals surface area contributed by atoms with E-state index in [0.29, 0.717) is 10.3 Å². The number of carbonyl (C=O) groups is 1. The number of thioether (sulfide) groups is 2. The van der Waals surface area contributed by atoms with Crippen LogP contribution in [0.3, 0.4) is 0 Å². The molecule has 0 spiro atoms. The van der Waals surface area contributed by atoms with Gasteiger partial charge < -0.3 is 9.67 Å². The molecule has 1 aliphatic heterocycles. The fourth-order valence-electron chi connectivity index (χ4n) is 2.50. The number of hydrogen-bond acceptors (Lipinski definition) is 4. The van der Waals surface area contributed by atoms with E-state index in [0.717, 1.165) is 22.7 Å². The summed E-state index contributed by atoms with van der Waals surface area (Å²) in [6, 6.07) is 5.73. The average Bonchev–Trinajstić information content (AvgIpc) is 3.07. The van der Waals surface area contributed by atoms with Crippen LogP contribution in [0.4, 0.5) is 0 Å². The normalized spacial score (nSPS) is 18.4. The van der Waals surface area contributed by atoms with Crippen LogP contribution in [0.25, 0.3) is 11.0 Å². The summed E-state index contributed by atoms with van der Waals surface area (Å²) < 4.78 is 2.12. The second-order valence-corrected chi connectivity index (χ2v) is 7.69. The largest absolute Gasteiger partial charge is 0.481 e. The first-order valence-electron chi connectivity index (χ1n) is 6.76. The average molecular weight is 343 g/mol. The van der Waals surface area contributed by atoms with Crippen molar-refractivity contribution in [2.75, 3.05) is 11.5 Å². The van der Waals surface area contributed by atoms with Gasteiger partial charge in [0.05, 0.1) is 16.3 Å². The molecule has 21 heavy (non-hydrogen) atoms. The fourth-order valence-corrected chi connectivity index (χ4v) is 4.70. The van der Waals surface area contributed by atoms with Gasteiger partial charge in [-0.05, 0) is 30.7 Å². The van der Waals surface area contributed by atoms with Gasteiger partial charge in [0.15, 0.2) is 5.16 Å². The molecule has 2 heterocycles. The number of rotatable bonds is 5. The molecule has 1 unspecified atom stereocenters. The van der Waals surface area contributed by atoms with E-state index in [1.807, 2.05) is 30.0 Å². The first kappa shape index (κ1) is 15.1. The molecule has 1 atom stereocenters. The van der Waals surface area contributed by atoms with Crippen molar-refractivity contribution in [3.8, 4) is 0 Å². The Morgan fingerprint density at radius 1 is 1.57 bits per heavy atom. The summed E-state index contributed by atoms with van der Waals surface area (Å²) in [6.07, 6.45) is 2.45. The maximum absolute atomic E-state index is 10.8. The molecule has 2 aromatic rings. The Morgan fingerprint density at radius 3 is 3.14 bits per heavy atom. The van der Waals surface area contributed by atoms with Crippen molar-refractivity contribution in [3.05, 3.63) is 23.2 Å². The standard InChI is InChI=1S/C14H15ClN2O2S2/c15-10-4-1-5-11-13(10)16-14(21-8-12(18)19)17(11)7-9-3-2-6-20-9/h1,4-5,9H,2-3,6-8H2,(H,18,19). The van der Waals surface area contributed by atoms with E-state index in [4.69, 9.17) is 16.7 Å². The molecule has 1 fully saturated rings. The van der Waals surface area contributed by atoms with Crippen molar-refractivity contribution in [2.24, 2.45) is 0 Å². The third-order valence-corrected chi connectivity index (χ3v) is 6.08. The van der Waals surface area contributed by atoms with Crippen LogP contribution in [0.2, 0.25) is 5.02 Å². The minimum Gasteiger partial charge on any atom is -0.481 e. The predicted molar refractivity (Wildman–Crippen MR) is 88.6 cm³/mol. The zero-order chi connectivity index (χ0) is 14.8. The molecule has 1 aromatic carbocycles. The van der Waals surface area contributed by atoms with Crippen molar-refractivity contribution < 1.29 is 9.90 Å². The Morgan fingerprint density at radius 2 is 2.43 bits per heavy atom. The van der Waals surface area contributed by atoms with Gasteiger partial charge in [0.25, 0.3) is 0 Å². The van der Waals surface area contributed by atoms with Crippen LogP contribution in [-0.2, 0) is 11.3 Å². The van der Waals surface area contributed by atoms with Crippen LogP contribution in [0.5, 0.6) is 0 Å². The van der Waals surface area contributed by atoms with Gasteiger partial charge in [-0.1, -0.05) is 29.4 Å². The Balaban J connectivity index is 1.97. The first-order valence-corrected chi connectivity index (χ1v) is 9.17. The Bertz CT molecular complexity index is 668. The third kappa shape index (κ3) is 3.33. The van der Waals surface area contributed by atoms with Crippen LogP contribution >= 0.6 is 35.1 Å². The van der Waals surface area contributed by atoms with E-state index in [1.165, 1.54) is 30.4 Å². The lowest BCUT2D eigenvalue weighted by atomic mass is 10.2. The van der Waals surface area contributed by atoms with Crippen LogP contribution < -0.4 is 0 Å². The number of nitrogens with zero attached hydrogens (tertiary/aromatic N) is 2. The van der Waals surface area contributed by atoms with Crippen LogP contribution in [0.15, 0.2) is 23.4 Å². The van der Waals surface area contributed by atoms with E-state index in [1.54, 1.807) is 0 Å². The summed E-state index contributed by atoms with van der Waals surface area (Å²) >= 11 is 9.45. The number of imidazole rings is 1. The Labute approximate surface area is 136 Å². The summed E-state index contributed by atoms with van der Waals surface area (Å²) in [5, 5.41) is 10.8. The molecule has 0 aliphatic carbocycles. The lowest BCUT2D eigenvalue weighted by Crippen LogP contribution is -2.11. The molecular weight excluding hydrogens is 328 g/mol. The molecule has 0 amide bonds. The zero-order valence-corrected chi connectivity index (χ0v) is 13.7. The van der Waals surface area contributed by atoms with E-state index >= 15 is 0 Å². The fraction of sp³-hybridized carbons (Fsp3) is 0.429. The van der Waals surface area contributed by atoms with Crippen molar-refractivity contribution in [1.29, 1.82) is 0 Å². The summed E-state index contributed by atoms with van der Waals surface area (Å²) in [6.45, 7) is 0.865. The van der Waals surface area contributed by atoms with Gasteiger partial charge in [-0.15, -0.1) is 0 Å². The summed E-state index contributed by atoms with van der Waals surface area (Å²) in [5.41, 5.74) is 1.75. The first-order chi connectivity index (χ1) is 10.1. The zero-order valence-electron chi connectivity index (χ0n) is 11.3. The molecule has 7 heteroatoms. The third-order valence-electron chi connectivity index (χ3n) is 3.43. The topological polar surface area (TPSA) is 55.1 Å². The minimum atomic E-state index is -0.833. The number of aromatic nitrogens is 2. The maximum atomic E-state index is 10.8. The van der Waals surface area contributed by atoms with E-state index < -0.39 is 5.97 Å². The second-order valence-electron chi connectivity index (χ2n) is 4.93. The number of carboxylic acid groups (broad SMARTS) is 1. The van der Waals surface area contributed by atoms with Crippen LogP contribution in [-0.4, -0.2) is 37.4 Å². The van der Waals surface area contributed by atoms with E-state index in [2.05, 4.69) is 9.55 Å². The van der Waals surface area contributed by atoms with E-state index in [9.17, 15) is 4.79 Å². The number of fused-ring (bicyclic) bond motifs is 1. The van der Waals surface area contributed by atoms with Gasteiger partial charge in [-0.2, -0.15) is 11.8 Å². The number of para-hydroxylation sites is 1. The molecule has 3 rings (SSSR count). The second kappa shape index (κ2) is 6.50. The number of benzene rings is 1. The summed E-state index contributed by atoms with van der Waals surface area (Å²) in [7, 11) is 0. The SMILES string of the molecule is O=C(O)CSc1nc2c(Cl)cccc2n1CC1CCCS1. The van der Waals surface area contributed by atoms with Crippen molar-refractivity contribution in [1.82, 2.24) is 9.55 Å². The highest BCUT2D eigenvalue weighted by Crippen LogP contribution is 2.33. The smallest absolute Gasteiger partial charge is 0.313 e. The quantitative estimate of drug-likeness (QED) is 0.838. The Kier molecular flexibility index (Phi) is 4.66. The molecule has 1 aromatic heterocycles. The van der Waals surface area contributed by atoms with Crippen molar-refractivity contribution >= 4 is 52.1 Å². The number of carboxylic acids is 1. The van der Waals surface area contributed by atoms with Gasteiger partial charge in [0.2, 0.25) is 0 Å². The molecule has 1 aliphatic rings. The summed E-state index contributed by atoms with van der Waals surface area (Å²) in [4.78, 5) is 15.4. The monoisotopic (exact) mass is 342 g/mol.